The summed E-state index contributed by atoms with van der Waals surface area (Å²) >= 11 is 0. The number of carbonyl (C=O) groups excluding carboxylic acids is 1. The molecule has 0 aromatic heterocycles. The second kappa shape index (κ2) is 3.74. The SMILES string of the molecule is O=C1NCCN2C[C@@H]3CCC[C@@H]3c3cccc1c32. The van der Waals surface area contributed by atoms with Crippen molar-refractivity contribution in [3.8, 4) is 0 Å². The molecular formula is C15H18N2O. The molecule has 18 heavy (non-hydrogen) atoms. The summed E-state index contributed by atoms with van der Waals surface area (Å²) in [5.41, 5.74) is 3.55. The first-order chi connectivity index (χ1) is 8.84. The molecule has 94 valence electrons. The second-order valence-electron chi connectivity index (χ2n) is 5.74. The number of para-hydroxylation sites is 1. The Morgan fingerprint density at radius 1 is 1.28 bits per heavy atom. The molecular weight excluding hydrogens is 224 g/mol. The van der Waals surface area contributed by atoms with Gasteiger partial charge in [-0.1, -0.05) is 18.6 Å². The normalized spacial score (nSPS) is 29.3. The third kappa shape index (κ3) is 1.33. The summed E-state index contributed by atoms with van der Waals surface area (Å²) in [5, 5.41) is 3.01. The van der Waals surface area contributed by atoms with Gasteiger partial charge in [-0.15, -0.1) is 0 Å². The lowest BCUT2D eigenvalue weighted by atomic mass is 9.82. The van der Waals surface area contributed by atoms with E-state index in [1.165, 1.54) is 30.5 Å². The Kier molecular flexibility index (Phi) is 2.16. The lowest BCUT2D eigenvalue weighted by Gasteiger charge is -2.38. The highest BCUT2D eigenvalue weighted by Crippen LogP contribution is 2.48. The van der Waals surface area contributed by atoms with Gasteiger partial charge in [-0.25, -0.2) is 0 Å². The fraction of sp³-hybridized carbons (Fsp3) is 0.533. The van der Waals surface area contributed by atoms with Crippen LogP contribution >= 0.6 is 0 Å². The van der Waals surface area contributed by atoms with E-state index >= 15 is 0 Å². The van der Waals surface area contributed by atoms with Crippen LogP contribution in [0, 0.1) is 5.92 Å². The number of benzene rings is 1. The van der Waals surface area contributed by atoms with E-state index in [0.717, 1.165) is 31.1 Å². The van der Waals surface area contributed by atoms with Crippen LogP contribution in [0.4, 0.5) is 5.69 Å². The Bertz CT molecular complexity index is 511. The molecule has 1 aromatic rings. The molecule has 1 saturated carbocycles. The second-order valence-corrected chi connectivity index (χ2v) is 5.74. The van der Waals surface area contributed by atoms with E-state index in [2.05, 4.69) is 22.3 Å². The monoisotopic (exact) mass is 242 g/mol. The molecule has 0 spiro atoms. The Hall–Kier alpha value is -1.51. The van der Waals surface area contributed by atoms with Gasteiger partial charge in [0.15, 0.2) is 0 Å². The number of carbonyl (C=O) groups is 1. The van der Waals surface area contributed by atoms with Crippen molar-refractivity contribution in [2.24, 2.45) is 5.92 Å². The summed E-state index contributed by atoms with van der Waals surface area (Å²) in [7, 11) is 0. The number of anilines is 1. The fourth-order valence-electron chi connectivity index (χ4n) is 4.04. The van der Waals surface area contributed by atoms with Gasteiger partial charge in [0.1, 0.15) is 0 Å². The molecule has 1 N–H and O–H groups in total. The van der Waals surface area contributed by atoms with Gasteiger partial charge in [0.2, 0.25) is 0 Å². The van der Waals surface area contributed by atoms with Crippen molar-refractivity contribution in [3.05, 3.63) is 29.3 Å². The Morgan fingerprint density at radius 2 is 2.22 bits per heavy atom. The molecule has 2 atom stereocenters. The molecule has 0 unspecified atom stereocenters. The average molecular weight is 242 g/mol. The summed E-state index contributed by atoms with van der Waals surface area (Å²) in [6.45, 7) is 2.87. The third-order valence-electron chi connectivity index (χ3n) is 4.81. The van der Waals surface area contributed by atoms with E-state index in [1.54, 1.807) is 0 Å². The molecule has 1 aliphatic carbocycles. The number of hydrogen-bond donors (Lipinski definition) is 1. The van der Waals surface area contributed by atoms with E-state index in [-0.39, 0.29) is 5.91 Å². The van der Waals surface area contributed by atoms with Gasteiger partial charge < -0.3 is 10.2 Å². The van der Waals surface area contributed by atoms with E-state index in [9.17, 15) is 4.79 Å². The number of rotatable bonds is 0. The fourth-order valence-corrected chi connectivity index (χ4v) is 4.04. The molecule has 1 aromatic carbocycles. The molecule has 0 bridgehead atoms. The van der Waals surface area contributed by atoms with Crippen molar-refractivity contribution in [1.29, 1.82) is 0 Å². The molecule has 2 heterocycles. The first-order valence-corrected chi connectivity index (χ1v) is 7.00. The molecule has 2 aliphatic heterocycles. The van der Waals surface area contributed by atoms with Crippen LogP contribution in [0.3, 0.4) is 0 Å². The molecule has 0 radical (unpaired) electrons. The quantitative estimate of drug-likeness (QED) is 0.756. The molecule has 3 aliphatic rings. The van der Waals surface area contributed by atoms with Crippen LogP contribution in [0.5, 0.6) is 0 Å². The first-order valence-electron chi connectivity index (χ1n) is 7.00. The first kappa shape index (κ1) is 10.4. The highest BCUT2D eigenvalue weighted by Gasteiger charge is 2.38. The van der Waals surface area contributed by atoms with Crippen molar-refractivity contribution < 1.29 is 4.79 Å². The maximum atomic E-state index is 12.1. The van der Waals surface area contributed by atoms with E-state index in [1.807, 2.05) is 6.07 Å². The minimum atomic E-state index is 0.103. The van der Waals surface area contributed by atoms with Gasteiger partial charge in [-0.2, -0.15) is 0 Å². The number of hydrogen-bond acceptors (Lipinski definition) is 2. The Balaban J connectivity index is 1.92. The van der Waals surface area contributed by atoms with Gasteiger partial charge >= 0.3 is 0 Å². The van der Waals surface area contributed by atoms with Crippen molar-refractivity contribution in [3.63, 3.8) is 0 Å². The maximum absolute atomic E-state index is 12.1. The number of nitrogens with one attached hydrogen (secondary N) is 1. The summed E-state index contributed by atoms with van der Waals surface area (Å²) in [6.07, 6.45) is 4.00. The summed E-state index contributed by atoms with van der Waals surface area (Å²) in [5.74, 6) is 1.61. The van der Waals surface area contributed by atoms with Crippen LogP contribution < -0.4 is 10.2 Å². The predicted molar refractivity (Wildman–Crippen MR) is 71.1 cm³/mol. The van der Waals surface area contributed by atoms with Crippen LogP contribution in [-0.4, -0.2) is 25.5 Å². The summed E-state index contributed by atoms with van der Waals surface area (Å²) in [4.78, 5) is 14.5. The lowest BCUT2D eigenvalue weighted by Crippen LogP contribution is -2.38. The number of fused-ring (bicyclic) bond motifs is 2. The molecule has 3 nitrogen and oxygen atoms in total. The summed E-state index contributed by atoms with van der Waals surface area (Å²) < 4.78 is 0. The van der Waals surface area contributed by atoms with Crippen molar-refractivity contribution in [2.75, 3.05) is 24.5 Å². The standard InChI is InChI=1S/C15H18N2O/c18-15-13-6-2-5-12-11-4-1-3-10(11)9-17(14(12)13)8-7-16-15/h2,5-6,10-11H,1,3-4,7-9H2,(H,16,18)/t10-,11-/m0/s1. The van der Waals surface area contributed by atoms with E-state index in [4.69, 9.17) is 0 Å². The highest BCUT2D eigenvalue weighted by molar-refractivity contribution is 6.01. The Morgan fingerprint density at radius 3 is 3.17 bits per heavy atom. The zero-order chi connectivity index (χ0) is 12.1. The zero-order valence-corrected chi connectivity index (χ0v) is 10.5. The molecule has 1 fully saturated rings. The smallest absolute Gasteiger partial charge is 0.253 e. The van der Waals surface area contributed by atoms with Gasteiger partial charge in [0, 0.05) is 19.6 Å². The lowest BCUT2D eigenvalue weighted by molar-refractivity contribution is 0.0958. The summed E-state index contributed by atoms with van der Waals surface area (Å²) in [6, 6.07) is 6.27. The predicted octanol–water partition coefficient (Wildman–Crippen LogP) is 2.13. The van der Waals surface area contributed by atoms with Gasteiger partial charge in [0.25, 0.3) is 5.91 Å². The highest BCUT2D eigenvalue weighted by atomic mass is 16.1. The largest absolute Gasteiger partial charge is 0.369 e. The molecule has 1 amide bonds. The van der Waals surface area contributed by atoms with Gasteiger partial charge in [0.05, 0.1) is 11.3 Å². The molecule has 4 rings (SSSR count). The molecule has 0 saturated heterocycles. The van der Waals surface area contributed by atoms with Gasteiger partial charge in [-0.05, 0) is 36.3 Å². The van der Waals surface area contributed by atoms with E-state index in [0.29, 0.717) is 5.92 Å². The van der Waals surface area contributed by atoms with Crippen LogP contribution in [0.25, 0.3) is 0 Å². The van der Waals surface area contributed by atoms with E-state index < -0.39 is 0 Å². The van der Waals surface area contributed by atoms with Crippen LogP contribution in [0.1, 0.15) is 41.1 Å². The number of nitrogens with zero attached hydrogens (tertiary/aromatic N) is 1. The van der Waals surface area contributed by atoms with Crippen LogP contribution in [-0.2, 0) is 0 Å². The minimum absolute atomic E-state index is 0.103. The van der Waals surface area contributed by atoms with Crippen LogP contribution in [0.2, 0.25) is 0 Å². The topological polar surface area (TPSA) is 32.3 Å². The Labute approximate surface area is 107 Å². The third-order valence-corrected chi connectivity index (χ3v) is 4.81. The minimum Gasteiger partial charge on any atom is -0.369 e. The molecule has 3 heteroatoms. The average Bonchev–Trinajstić information content (AvgIpc) is 2.79. The van der Waals surface area contributed by atoms with Gasteiger partial charge in [-0.3, -0.25) is 4.79 Å². The zero-order valence-electron chi connectivity index (χ0n) is 10.5. The van der Waals surface area contributed by atoms with Crippen LogP contribution in [0.15, 0.2) is 18.2 Å². The van der Waals surface area contributed by atoms with Crippen molar-refractivity contribution in [2.45, 2.75) is 25.2 Å². The van der Waals surface area contributed by atoms with Crippen molar-refractivity contribution >= 4 is 11.6 Å². The van der Waals surface area contributed by atoms with Crippen molar-refractivity contribution in [1.82, 2.24) is 5.32 Å². The number of amides is 1. The maximum Gasteiger partial charge on any atom is 0.253 e.